The Labute approximate surface area is 290 Å². The molecule has 1 amide bonds. The third-order valence-electron chi connectivity index (χ3n) is 8.86. The average molecular weight is 737 g/mol. The Bertz CT molecular complexity index is 1960. The van der Waals surface area contributed by atoms with E-state index in [1.54, 1.807) is 6.07 Å². The van der Waals surface area contributed by atoms with Gasteiger partial charge >= 0.3 is 16.4 Å². The number of carboxylic acid groups (broad SMARTS) is 1. The lowest BCUT2D eigenvalue weighted by molar-refractivity contribution is -0.754. The molecule has 20 heteroatoms. The molecule has 4 atom stereocenters. The van der Waals surface area contributed by atoms with Gasteiger partial charge in [-0.1, -0.05) is 11.2 Å². The highest BCUT2D eigenvalue weighted by molar-refractivity contribution is 7.80. The normalized spacial score (nSPS) is 20.7. The zero-order chi connectivity index (χ0) is 36.8. The van der Waals surface area contributed by atoms with Gasteiger partial charge in [0.05, 0.1) is 29.3 Å². The minimum Gasteiger partial charge on any atom is -0.485 e. The Morgan fingerprint density at radius 3 is 2.64 bits per heavy atom. The smallest absolute Gasteiger partial charge is 0.418 e. The lowest BCUT2D eigenvalue weighted by Gasteiger charge is -2.50. The molecule has 2 aromatic heterocycles. The molecule has 2 aliphatic heterocycles. The fourth-order valence-electron chi connectivity index (χ4n) is 5.80. The molecule has 270 valence electrons. The van der Waals surface area contributed by atoms with Gasteiger partial charge in [0.25, 0.3) is 11.5 Å². The van der Waals surface area contributed by atoms with Crippen LogP contribution in [0.25, 0.3) is 11.1 Å². The molecule has 2 unspecified atom stereocenters. The van der Waals surface area contributed by atoms with Crippen LogP contribution in [-0.2, 0) is 53.9 Å². The molecule has 1 aromatic carbocycles. The summed E-state index contributed by atoms with van der Waals surface area (Å²) in [6.45, 7) is 4.58. The van der Waals surface area contributed by atoms with Crippen molar-refractivity contribution in [2.24, 2.45) is 23.9 Å². The van der Waals surface area contributed by atoms with Crippen LogP contribution in [0.1, 0.15) is 44.9 Å². The summed E-state index contributed by atoms with van der Waals surface area (Å²) in [6, 6.07) is 5.50. The summed E-state index contributed by atoms with van der Waals surface area (Å²) in [6.07, 6.45) is 2.19. The SMILES string of the molecule is C[n+]1cc(-c2ccc3c(c2)CCC([C@](C)(O/N=C(\C(=O)CC2C(=O)N(OS(=O)(=O)O)C2(C)C)c2csc(N)n2)C(=O)O)O3)cn1C[C@H](O)CN. The number of aliphatic hydroxyl groups excluding tert-OH is 1. The molecule has 2 aliphatic rings. The van der Waals surface area contributed by atoms with Crippen LogP contribution in [0.2, 0.25) is 0 Å². The third kappa shape index (κ3) is 7.35. The number of aliphatic carboxylic acids is 1. The standard InChI is InChI=1S/C30H37N7O11S2/c1-29(2)20(26(40)37(29)48-50(43,44)45)10-22(39)25(21-15-49-28(32)33-21)34-47-30(3,27(41)42)24-8-6-17-9-16(5-7-23(17)46-24)18-12-35(4)36(13-18)14-19(38)11-31/h5,7,9,12-13,15,19-20,24,38H,6,8,10-11,14,31H2,1-4H3,(H3-,32,33,41,42,43,44,45)/p+1/b34-25-/t19-,20?,24?,30+/m1/s1. The highest BCUT2D eigenvalue weighted by Gasteiger charge is 2.58. The second-order valence-corrected chi connectivity index (χ2v) is 14.6. The first-order valence-corrected chi connectivity index (χ1v) is 17.6. The fourth-order valence-corrected chi connectivity index (χ4v) is 6.80. The number of hydroxylamine groups is 2. The van der Waals surface area contributed by atoms with Gasteiger partial charge in [-0.2, -0.15) is 18.2 Å². The molecule has 5 rings (SSSR count). The first-order valence-electron chi connectivity index (χ1n) is 15.3. The van der Waals surface area contributed by atoms with E-state index in [0.29, 0.717) is 23.8 Å². The van der Waals surface area contributed by atoms with Crippen molar-refractivity contribution in [3.63, 3.8) is 0 Å². The van der Waals surface area contributed by atoms with Crippen molar-refractivity contribution in [1.82, 2.24) is 14.7 Å². The highest BCUT2D eigenvalue weighted by Crippen LogP contribution is 2.41. The molecule has 1 fully saturated rings. The molecule has 0 spiro atoms. The Morgan fingerprint density at radius 2 is 2.04 bits per heavy atom. The Kier molecular flexibility index (Phi) is 10.1. The average Bonchev–Trinajstić information content (AvgIpc) is 3.65. The van der Waals surface area contributed by atoms with E-state index in [1.807, 2.05) is 40.9 Å². The number of anilines is 1. The van der Waals surface area contributed by atoms with E-state index in [1.165, 1.54) is 26.2 Å². The van der Waals surface area contributed by atoms with Crippen molar-refractivity contribution in [3.8, 4) is 16.9 Å². The number of ether oxygens (including phenoxy) is 1. The van der Waals surface area contributed by atoms with Crippen molar-refractivity contribution >= 4 is 50.2 Å². The number of carbonyl (C=O) groups excluding carboxylic acids is 2. The number of nitrogen functional groups attached to an aromatic ring is 1. The minimum atomic E-state index is -5.01. The van der Waals surface area contributed by atoms with Gasteiger partial charge in [0.1, 0.15) is 18.0 Å². The number of aromatic nitrogens is 3. The lowest BCUT2D eigenvalue weighted by atomic mass is 9.74. The Hall–Kier alpha value is -4.47. The molecule has 0 radical (unpaired) electrons. The summed E-state index contributed by atoms with van der Waals surface area (Å²) in [7, 11) is -3.16. The predicted octanol–water partition coefficient (Wildman–Crippen LogP) is 0.226. The van der Waals surface area contributed by atoms with Crippen LogP contribution in [0.15, 0.2) is 41.1 Å². The first-order chi connectivity index (χ1) is 23.3. The monoisotopic (exact) mass is 736 g/mol. The van der Waals surface area contributed by atoms with Crippen LogP contribution in [0.3, 0.4) is 0 Å². The number of fused-ring (bicyclic) bond motifs is 1. The van der Waals surface area contributed by atoms with E-state index >= 15 is 0 Å². The van der Waals surface area contributed by atoms with Crippen LogP contribution < -0.4 is 20.9 Å². The largest absolute Gasteiger partial charge is 0.485 e. The number of hydrogen-bond donors (Lipinski definition) is 5. The van der Waals surface area contributed by atoms with Crippen LogP contribution in [0.4, 0.5) is 5.13 Å². The van der Waals surface area contributed by atoms with Gasteiger partial charge in [-0.15, -0.1) is 20.3 Å². The number of aryl methyl sites for hydroxylation is 2. The van der Waals surface area contributed by atoms with E-state index in [2.05, 4.69) is 14.4 Å². The topological polar surface area (TPSA) is 263 Å². The number of carbonyl (C=O) groups is 3. The summed E-state index contributed by atoms with van der Waals surface area (Å²) in [5, 5.41) is 26.2. The van der Waals surface area contributed by atoms with Gasteiger partial charge in [-0.3, -0.25) is 14.1 Å². The van der Waals surface area contributed by atoms with Crippen LogP contribution in [-0.4, -0.2) is 91.2 Å². The molecule has 0 saturated carbocycles. The van der Waals surface area contributed by atoms with Gasteiger partial charge in [-0.05, 0) is 56.9 Å². The number of rotatable bonds is 14. The molecule has 4 heterocycles. The third-order valence-corrected chi connectivity index (χ3v) is 9.87. The fraction of sp³-hybridized carbons (Fsp3) is 0.467. The summed E-state index contributed by atoms with van der Waals surface area (Å²) < 4.78 is 45.6. The van der Waals surface area contributed by atoms with E-state index in [9.17, 15) is 33.0 Å². The van der Waals surface area contributed by atoms with Gasteiger partial charge in [0, 0.05) is 18.3 Å². The van der Waals surface area contributed by atoms with E-state index in [4.69, 9.17) is 25.6 Å². The number of β-lactam (4-membered cyclic amide) rings is 1. The van der Waals surface area contributed by atoms with Gasteiger partial charge in [0.2, 0.25) is 6.20 Å². The Morgan fingerprint density at radius 1 is 1.32 bits per heavy atom. The summed E-state index contributed by atoms with van der Waals surface area (Å²) in [5.41, 5.74) is 10.1. The van der Waals surface area contributed by atoms with E-state index in [-0.39, 0.29) is 23.8 Å². The Balaban J connectivity index is 1.36. The molecule has 1 saturated heterocycles. The first kappa shape index (κ1) is 36.8. The minimum absolute atomic E-state index is 0.0249. The summed E-state index contributed by atoms with van der Waals surface area (Å²) in [4.78, 5) is 48.7. The van der Waals surface area contributed by atoms with Crippen LogP contribution in [0.5, 0.6) is 5.75 Å². The summed E-state index contributed by atoms with van der Waals surface area (Å²) >= 11 is 0.989. The zero-order valence-electron chi connectivity index (χ0n) is 27.5. The molecule has 18 nitrogen and oxygen atoms in total. The predicted molar refractivity (Wildman–Crippen MR) is 176 cm³/mol. The van der Waals surface area contributed by atoms with E-state index in [0.717, 1.165) is 28.0 Å². The zero-order valence-corrected chi connectivity index (χ0v) is 29.2. The van der Waals surface area contributed by atoms with Gasteiger partial charge < -0.3 is 31.3 Å². The highest BCUT2D eigenvalue weighted by atomic mass is 32.3. The number of thiazole rings is 1. The number of nitrogens with zero attached hydrogens (tertiary/aromatic N) is 5. The maximum atomic E-state index is 13.6. The van der Waals surface area contributed by atoms with Crippen molar-refractivity contribution in [1.29, 1.82) is 0 Å². The number of oxime groups is 1. The maximum Gasteiger partial charge on any atom is 0.418 e. The van der Waals surface area contributed by atoms with Crippen molar-refractivity contribution in [3.05, 3.63) is 47.2 Å². The number of benzene rings is 1. The number of aliphatic hydroxyl groups is 1. The molecule has 50 heavy (non-hydrogen) atoms. The number of hydrogen-bond acceptors (Lipinski definition) is 14. The van der Waals surface area contributed by atoms with Crippen LogP contribution in [0, 0.1) is 5.92 Å². The molecule has 0 aliphatic carbocycles. The second-order valence-electron chi connectivity index (χ2n) is 12.7. The number of amides is 1. The molecule has 0 bridgehead atoms. The summed E-state index contributed by atoms with van der Waals surface area (Å²) in [5.74, 6) is -3.73. The lowest BCUT2D eigenvalue weighted by Crippen LogP contribution is -2.68. The van der Waals surface area contributed by atoms with Gasteiger partial charge in [0.15, 0.2) is 29.8 Å². The number of Topliss-reactive ketones (excluding diaryl/α,β-unsaturated/α-hetero) is 1. The molecular formula is C30H38N7O11S2+. The molecule has 7 N–H and O–H groups in total. The van der Waals surface area contributed by atoms with E-state index < -0.39 is 69.5 Å². The van der Waals surface area contributed by atoms with Crippen molar-refractivity contribution in [2.75, 3.05) is 12.3 Å². The second kappa shape index (κ2) is 13.7. The van der Waals surface area contributed by atoms with Gasteiger partial charge in [-0.25, -0.2) is 9.78 Å². The molecular weight excluding hydrogens is 699 g/mol. The van der Waals surface area contributed by atoms with Crippen molar-refractivity contribution in [2.45, 2.75) is 69.9 Å². The number of nitrogens with two attached hydrogens (primary N) is 2. The maximum absolute atomic E-state index is 13.6. The molecule has 3 aromatic rings. The quantitative estimate of drug-likeness (QED) is 0.0488. The number of carboxylic acids is 1. The van der Waals surface area contributed by atoms with Crippen molar-refractivity contribution < 1.29 is 56.1 Å². The number of ketones is 1. The van der Waals surface area contributed by atoms with Crippen LogP contribution >= 0.6 is 11.3 Å².